The van der Waals surface area contributed by atoms with Crippen LogP contribution in [0.2, 0.25) is 23.2 Å². The molecular weight excluding hydrogens is 642 g/mol. The van der Waals surface area contributed by atoms with Crippen LogP contribution in [-0.2, 0) is 31.7 Å². The number of hydrogen-bond acceptors (Lipinski definition) is 6. The lowest BCUT2D eigenvalue weighted by atomic mass is 9.98. The van der Waals surface area contributed by atoms with E-state index in [1.54, 1.807) is 0 Å². The maximum absolute atomic E-state index is 13.1. The Bertz CT molecular complexity index is 1630. The number of carbonyl (C=O) groups is 2. The van der Waals surface area contributed by atoms with Crippen molar-refractivity contribution in [3.63, 3.8) is 0 Å². The van der Waals surface area contributed by atoms with Gasteiger partial charge in [-0.05, 0) is 79.0 Å². The van der Waals surface area contributed by atoms with Crippen LogP contribution in [0, 0.1) is 0 Å². The zero-order valence-corrected chi connectivity index (χ0v) is 30.6. The highest BCUT2D eigenvalue weighted by molar-refractivity contribution is 6.74. The molecule has 1 unspecified atom stereocenters. The lowest BCUT2D eigenvalue weighted by Gasteiger charge is -2.37. The number of morpholine rings is 1. The van der Waals surface area contributed by atoms with Crippen molar-refractivity contribution >= 4 is 43.3 Å². The number of ether oxygens (including phenoxy) is 2. The van der Waals surface area contributed by atoms with Gasteiger partial charge in [-0.25, -0.2) is 4.79 Å². The average Bonchev–Trinajstić information content (AvgIpc) is 3.80. The number of halogens is 1. The molecule has 3 aliphatic heterocycles. The largest absolute Gasteiger partial charge is 0.446 e. The summed E-state index contributed by atoms with van der Waals surface area (Å²) >= 11 is 6.55. The van der Waals surface area contributed by atoms with Crippen LogP contribution in [0.15, 0.2) is 66.7 Å². The third-order valence-corrected chi connectivity index (χ3v) is 15.4. The van der Waals surface area contributed by atoms with Crippen LogP contribution in [0.5, 0.6) is 0 Å². The molecule has 0 radical (unpaired) electrons. The Kier molecular flexibility index (Phi) is 10.1. The van der Waals surface area contributed by atoms with Crippen LogP contribution < -0.4 is 10.6 Å². The number of nitrogens with one attached hydrogen (secondary N) is 2. The summed E-state index contributed by atoms with van der Waals surface area (Å²) < 4.78 is 18.0. The molecule has 6 rings (SSSR count). The Morgan fingerprint density at radius 2 is 1.60 bits per heavy atom. The number of likely N-dealkylation sites (N-methyl/N-ethyl adjacent to an activating group) is 1. The van der Waals surface area contributed by atoms with E-state index in [1.165, 1.54) is 0 Å². The van der Waals surface area contributed by atoms with Crippen LogP contribution in [-0.4, -0.2) is 62.7 Å². The number of nitrogens with zero attached hydrogens (tertiary/aromatic N) is 1. The van der Waals surface area contributed by atoms with Crippen molar-refractivity contribution in [2.24, 2.45) is 0 Å². The zero-order chi connectivity index (χ0) is 34.2. The molecule has 256 valence electrons. The molecule has 2 amide bonds. The molecule has 2 bridgehead atoms. The molecule has 3 heterocycles. The highest BCUT2D eigenvalue weighted by Crippen LogP contribution is 2.48. The van der Waals surface area contributed by atoms with Crippen LogP contribution in [0.25, 0.3) is 11.1 Å². The number of anilines is 2. The molecule has 0 aliphatic carbocycles. The first-order chi connectivity index (χ1) is 22.8. The monoisotopic (exact) mass is 689 g/mol. The van der Waals surface area contributed by atoms with E-state index >= 15 is 0 Å². The van der Waals surface area contributed by atoms with E-state index in [9.17, 15) is 9.59 Å². The predicted octanol–water partition coefficient (Wildman–Crippen LogP) is 8.65. The van der Waals surface area contributed by atoms with Gasteiger partial charge in [0.2, 0.25) is 5.91 Å². The van der Waals surface area contributed by atoms with E-state index in [0.29, 0.717) is 66.6 Å². The summed E-state index contributed by atoms with van der Waals surface area (Å²) in [6.45, 7) is 11.6. The summed E-state index contributed by atoms with van der Waals surface area (Å²) in [5, 5.41) is 6.61. The average molecular weight is 690 g/mol. The van der Waals surface area contributed by atoms with Gasteiger partial charge in [0.25, 0.3) is 0 Å². The van der Waals surface area contributed by atoms with Gasteiger partial charge in [0, 0.05) is 36.9 Å². The van der Waals surface area contributed by atoms with Gasteiger partial charge in [0.15, 0.2) is 8.32 Å². The smallest absolute Gasteiger partial charge is 0.411 e. The Morgan fingerprint density at radius 1 is 0.938 bits per heavy atom. The van der Waals surface area contributed by atoms with Gasteiger partial charge in [-0.3, -0.25) is 15.0 Å². The lowest BCUT2D eigenvalue weighted by Crippen LogP contribution is -2.48. The standard InChI is InChI=1S/C38H48ClN3O5Si/c1-38(2,3)48(5,6)45-23-25-16-18-31(29(39)20-25)40-34(43)14-10-11-24-15-17-30(28(19-24)26-12-8-7-9-13-26)41-37(44)46-27-21-32-35-36(47-35)33(22-27)42(32)4/h7-9,12-13,15-20,27,32-33,35-36H,10-11,14,21-23H2,1-6H3,(H,40,43)(H,41,44)/t27?,32-,33+,35-,36+. The SMILES string of the molecule is CN1[C@@H]2CC(OC(=O)Nc3ccc(CCCC(=O)Nc4ccc(CO[Si](C)(C)C(C)(C)C)cc4Cl)cc3-c3ccccc3)C[C@H]1[C@@H]1O[C@@H]12. The first-order valence-corrected chi connectivity index (χ1v) is 20.3. The van der Waals surface area contributed by atoms with Crippen LogP contribution in [0.4, 0.5) is 16.2 Å². The van der Waals surface area contributed by atoms with E-state index in [0.717, 1.165) is 35.1 Å². The molecule has 3 aromatic carbocycles. The Labute approximate surface area is 290 Å². The quantitative estimate of drug-likeness (QED) is 0.155. The van der Waals surface area contributed by atoms with E-state index in [4.69, 9.17) is 25.5 Å². The first kappa shape index (κ1) is 34.6. The van der Waals surface area contributed by atoms with E-state index in [2.05, 4.69) is 62.5 Å². The highest BCUT2D eigenvalue weighted by Gasteiger charge is 2.62. The van der Waals surface area contributed by atoms with Crippen molar-refractivity contribution in [2.75, 3.05) is 17.7 Å². The number of carbonyl (C=O) groups excluding carboxylic acids is 2. The van der Waals surface area contributed by atoms with Gasteiger partial charge < -0.3 is 19.2 Å². The highest BCUT2D eigenvalue weighted by atomic mass is 35.5. The molecule has 0 saturated carbocycles. The molecule has 0 aromatic heterocycles. The molecule has 3 fully saturated rings. The van der Waals surface area contributed by atoms with Gasteiger partial charge in [-0.2, -0.15) is 0 Å². The van der Waals surface area contributed by atoms with Crippen LogP contribution >= 0.6 is 11.6 Å². The van der Waals surface area contributed by atoms with Crippen molar-refractivity contribution in [1.29, 1.82) is 0 Å². The third kappa shape index (κ3) is 7.81. The molecule has 2 N–H and O–H groups in total. The van der Waals surface area contributed by atoms with Crippen LogP contribution in [0.3, 0.4) is 0 Å². The van der Waals surface area contributed by atoms with Crippen LogP contribution in [0.1, 0.15) is 57.6 Å². The zero-order valence-electron chi connectivity index (χ0n) is 28.8. The summed E-state index contributed by atoms with van der Waals surface area (Å²) in [5.74, 6) is -0.0855. The molecule has 3 saturated heterocycles. The number of piperidine rings is 1. The molecule has 5 atom stereocenters. The van der Waals surface area contributed by atoms with Gasteiger partial charge >= 0.3 is 6.09 Å². The minimum absolute atomic E-state index is 0.0855. The summed E-state index contributed by atoms with van der Waals surface area (Å²) in [6, 6.07) is 22.3. The maximum atomic E-state index is 13.1. The number of fused-ring (bicyclic) bond motifs is 5. The van der Waals surface area contributed by atoms with Crippen molar-refractivity contribution < 1.29 is 23.5 Å². The Hall–Kier alpha value is -3.21. The van der Waals surface area contributed by atoms with Gasteiger partial charge in [0.05, 0.1) is 23.0 Å². The summed E-state index contributed by atoms with van der Waals surface area (Å²) in [7, 11) is 0.265. The van der Waals surface area contributed by atoms with E-state index in [1.807, 2.05) is 60.7 Å². The van der Waals surface area contributed by atoms with Crippen molar-refractivity contribution in [2.45, 2.75) is 108 Å². The Balaban J connectivity index is 1.02. The van der Waals surface area contributed by atoms with E-state index < -0.39 is 14.4 Å². The predicted molar refractivity (Wildman–Crippen MR) is 194 cm³/mol. The molecule has 8 nitrogen and oxygen atoms in total. The second-order valence-electron chi connectivity index (χ2n) is 15.0. The molecule has 0 spiro atoms. The summed E-state index contributed by atoms with van der Waals surface area (Å²) in [5.41, 5.74) is 5.28. The minimum Gasteiger partial charge on any atom is -0.446 e. The molecular formula is C38H48ClN3O5Si. The second-order valence-corrected chi connectivity index (χ2v) is 20.2. The fourth-order valence-corrected chi connectivity index (χ4v) is 7.91. The van der Waals surface area contributed by atoms with Gasteiger partial charge in [-0.15, -0.1) is 0 Å². The fourth-order valence-electron chi connectivity index (χ4n) is 6.70. The Morgan fingerprint density at radius 3 is 2.27 bits per heavy atom. The molecule has 48 heavy (non-hydrogen) atoms. The first-order valence-electron chi connectivity index (χ1n) is 17.0. The molecule has 3 aliphatic rings. The number of amides is 2. The van der Waals surface area contributed by atoms with E-state index in [-0.39, 0.29) is 17.0 Å². The lowest BCUT2D eigenvalue weighted by molar-refractivity contribution is -0.116. The van der Waals surface area contributed by atoms with Crippen molar-refractivity contribution in [3.8, 4) is 11.1 Å². The van der Waals surface area contributed by atoms with Gasteiger partial charge in [0.1, 0.15) is 18.3 Å². The number of epoxide rings is 1. The minimum atomic E-state index is -1.88. The number of hydrogen-bond donors (Lipinski definition) is 2. The van der Waals surface area contributed by atoms with Crippen molar-refractivity contribution in [3.05, 3.63) is 82.9 Å². The normalized spacial score (nSPS) is 23.4. The topological polar surface area (TPSA) is 92.4 Å². The number of rotatable bonds is 11. The summed E-state index contributed by atoms with van der Waals surface area (Å²) in [6.07, 6.45) is 3.34. The van der Waals surface area contributed by atoms with Crippen molar-refractivity contribution in [1.82, 2.24) is 4.90 Å². The fraction of sp³-hybridized carbons (Fsp3) is 0.474. The number of aryl methyl sites for hydroxylation is 1. The molecule has 10 heteroatoms. The third-order valence-electron chi connectivity index (χ3n) is 10.6. The van der Waals surface area contributed by atoms with Gasteiger partial charge in [-0.1, -0.05) is 74.8 Å². The summed E-state index contributed by atoms with van der Waals surface area (Å²) in [4.78, 5) is 28.3. The number of benzene rings is 3. The maximum Gasteiger partial charge on any atom is 0.411 e. The molecule has 3 aromatic rings. The second kappa shape index (κ2) is 14.0.